The first-order valence-electron chi connectivity index (χ1n) is 5.51. The minimum atomic E-state index is -3.79. The Hall–Kier alpha value is -1.07. The van der Waals surface area contributed by atoms with Crippen LogP contribution >= 0.6 is 43.5 Å². The number of nitrogens with zero attached hydrogens (tertiary/aromatic N) is 1. The van der Waals surface area contributed by atoms with Crippen LogP contribution in [0.2, 0.25) is 5.02 Å². The lowest BCUT2D eigenvalue weighted by molar-refractivity contribution is 0.601. The van der Waals surface area contributed by atoms with Crippen LogP contribution in [0.4, 0.5) is 5.69 Å². The lowest BCUT2D eigenvalue weighted by Gasteiger charge is -2.10. The molecule has 0 unspecified atom stereocenters. The van der Waals surface area contributed by atoms with E-state index in [0.717, 1.165) is 4.47 Å². The van der Waals surface area contributed by atoms with Gasteiger partial charge >= 0.3 is 0 Å². The number of anilines is 1. The third-order valence-corrected chi connectivity index (χ3v) is 5.40. The summed E-state index contributed by atoms with van der Waals surface area (Å²) in [4.78, 5) is -0.0154. The quantitative estimate of drug-likeness (QED) is 0.747. The van der Waals surface area contributed by atoms with E-state index in [1.54, 1.807) is 18.2 Å². The summed E-state index contributed by atoms with van der Waals surface area (Å²) in [6.45, 7) is 0. The van der Waals surface area contributed by atoms with Crippen LogP contribution in [0.3, 0.4) is 0 Å². The van der Waals surface area contributed by atoms with Gasteiger partial charge in [-0.05, 0) is 52.3 Å². The maximum Gasteiger partial charge on any atom is 0.261 e. The Balaban J connectivity index is 2.41. The summed E-state index contributed by atoms with van der Waals surface area (Å²) in [6, 6.07) is 10.9. The van der Waals surface area contributed by atoms with Crippen molar-refractivity contribution < 1.29 is 8.42 Å². The topological polar surface area (TPSA) is 70.0 Å². The number of sulfonamides is 1. The molecule has 4 nitrogen and oxygen atoms in total. The fourth-order valence-corrected chi connectivity index (χ4v) is 3.76. The Labute approximate surface area is 144 Å². The van der Waals surface area contributed by atoms with Crippen LogP contribution < -0.4 is 4.72 Å². The van der Waals surface area contributed by atoms with Crippen molar-refractivity contribution in [2.75, 3.05) is 4.72 Å². The number of hydrogen-bond donors (Lipinski definition) is 1. The van der Waals surface area contributed by atoms with E-state index in [-0.39, 0.29) is 15.5 Å². The zero-order valence-corrected chi connectivity index (χ0v) is 15.0. The van der Waals surface area contributed by atoms with Crippen molar-refractivity contribution in [3.8, 4) is 6.07 Å². The van der Waals surface area contributed by atoms with Crippen LogP contribution in [0.15, 0.2) is 50.2 Å². The lowest BCUT2D eigenvalue weighted by atomic mass is 10.2. The molecular formula is C13H7Br2ClN2O2S. The standard InChI is InChI=1S/C13H7Br2ClN2O2S/c14-9-2-4-11(15)13(5-9)18-21(19,20)10-3-1-8(7-17)12(16)6-10/h1-6,18H. The number of nitriles is 1. The summed E-state index contributed by atoms with van der Waals surface area (Å²) >= 11 is 12.4. The highest BCUT2D eigenvalue weighted by atomic mass is 79.9. The molecule has 2 aromatic carbocycles. The van der Waals surface area contributed by atoms with E-state index in [4.69, 9.17) is 16.9 Å². The summed E-state index contributed by atoms with van der Waals surface area (Å²) < 4.78 is 28.5. The molecule has 0 aliphatic carbocycles. The van der Waals surface area contributed by atoms with Gasteiger partial charge in [-0.15, -0.1) is 0 Å². The molecule has 0 saturated carbocycles. The molecule has 0 amide bonds. The second-order valence-corrected chi connectivity index (χ2v) is 7.84. The fourth-order valence-electron chi connectivity index (χ4n) is 1.53. The van der Waals surface area contributed by atoms with Crippen LogP contribution in [0.1, 0.15) is 5.56 Å². The summed E-state index contributed by atoms with van der Waals surface area (Å²) in [7, 11) is -3.79. The van der Waals surface area contributed by atoms with E-state index in [1.807, 2.05) is 6.07 Å². The van der Waals surface area contributed by atoms with E-state index in [2.05, 4.69) is 36.6 Å². The average Bonchev–Trinajstić information content (AvgIpc) is 2.42. The maximum atomic E-state index is 12.3. The number of halogens is 3. The first-order chi connectivity index (χ1) is 9.83. The third-order valence-electron chi connectivity index (χ3n) is 2.54. The molecule has 21 heavy (non-hydrogen) atoms. The fraction of sp³-hybridized carbons (Fsp3) is 0. The molecule has 0 aromatic heterocycles. The predicted octanol–water partition coefficient (Wildman–Crippen LogP) is 4.54. The first kappa shape index (κ1) is 16.3. The van der Waals surface area contributed by atoms with Crippen molar-refractivity contribution in [1.82, 2.24) is 0 Å². The van der Waals surface area contributed by atoms with Gasteiger partial charge in [0.15, 0.2) is 0 Å². The number of nitrogens with one attached hydrogen (secondary N) is 1. The highest BCUT2D eigenvalue weighted by Crippen LogP contribution is 2.29. The largest absolute Gasteiger partial charge is 0.278 e. The molecular weight excluding hydrogens is 443 g/mol. The molecule has 0 radical (unpaired) electrons. The maximum absolute atomic E-state index is 12.3. The Morgan fingerprint density at radius 1 is 1.14 bits per heavy atom. The highest BCUT2D eigenvalue weighted by molar-refractivity contribution is 9.11. The van der Waals surface area contributed by atoms with E-state index in [0.29, 0.717) is 10.2 Å². The van der Waals surface area contributed by atoms with Gasteiger partial charge in [-0.25, -0.2) is 8.42 Å². The first-order valence-corrected chi connectivity index (χ1v) is 8.96. The average molecular weight is 451 g/mol. The monoisotopic (exact) mass is 448 g/mol. The third kappa shape index (κ3) is 3.77. The molecule has 0 spiro atoms. The van der Waals surface area contributed by atoms with Gasteiger partial charge in [0, 0.05) is 8.95 Å². The molecule has 0 saturated heterocycles. The smallest absolute Gasteiger partial charge is 0.261 e. The number of rotatable bonds is 3. The minimum Gasteiger partial charge on any atom is -0.278 e. The van der Waals surface area contributed by atoms with Crippen molar-refractivity contribution in [2.45, 2.75) is 4.90 Å². The van der Waals surface area contributed by atoms with Crippen molar-refractivity contribution >= 4 is 59.2 Å². The normalized spacial score (nSPS) is 11.0. The molecule has 0 aliphatic heterocycles. The van der Waals surface area contributed by atoms with Gasteiger partial charge in [0.2, 0.25) is 0 Å². The molecule has 2 rings (SSSR count). The zero-order valence-electron chi connectivity index (χ0n) is 10.3. The minimum absolute atomic E-state index is 0.0154. The molecule has 8 heteroatoms. The van der Waals surface area contributed by atoms with Gasteiger partial charge in [-0.3, -0.25) is 4.72 Å². The van der Waals surface area contributed by atoms with E-state index < -0.39 is 10.0 Å². The highest BCUT2D eigenvalue weighted by Gasteiger charge is 2.17. The van der Waals surface area contributed by atoms with Crippen LogP contribution in [-0.4, -0.2) is 8.42 Å². The van der Waals surface area contributed by atoms with Crippen LogP contribution in [0.25, 0.3) is 0 Å². The van der Waals surface area contributed by atoms with Crippen molar-refractivity contribution in [2.24, 2.45) is 0 Å². The summed E-state index contributed by atoms with van der Waals surface area (Å²) in [5, 5.41) is 8.89. The summed E-state index contributed by atoms with van der Waals surface area (Å²) in [5.74, 6) is 0. The number of hydrogen-bond acceptors (Lipinski definition) is 3. The lowest BCUT2D eigenvalue weighted by Crippen LogP contribution is -2.13. The molecule has 0 heterocycles. The molecule has 0 fully saturated rings. The van der Waals surface area contributed by atoms with E-state index in [9.17, 15) is 8.42 Å². The molecule has 0 bridgehead atoms. The van der Waals surface area contributed by atoms with Crippen molar-refractivity contribution in [3.05, 3.63) is 55.9 Å². The van der Waals surface area contributed by atoms with Gasteiger partial charge in [0.1, 0.15) is 6.07 Å². The molecule has 0 aliphatic rings. The molecule has 108 valence electrons. The van der Waals surface area contributed by atoms with Gasteiger partial charge < -0.3 is 0 Å². The van der Waals surface area contributed by atoms with Gasteiger partial charge in [-0.1, -0.05) is 27.5 Å². The zero-order chi connectivity index (χ0) is 15.6. The predicted molar refractivity (Wildman–Crippen MR) is 88.8 cm³/mol. The molecule has 0 atom stereocenters. The Kier molecular flexibility index (Phi) is 4.94. The Morgan fingerprint density at radius 3 is 2.48 bits per heavy atom. The van der Waals surface area contributed by atoms with Crippen LogP contribution in [0.5, 0.6) is 0 Å². The Bertz CT molecular complexity index is 848. The SMILES string of the molecule is N#Cc1ccc(S(=O)(=O)Nc2cc(Br)ccc2Br)cc1Cl. The van der Waals surface area contributed by atoms with Crippen molar-refractivity contribution in [1.29, 1.82) is 5.26 Å². The van der Waals surface area contributed by atoms with Crippen LogP contribution in [-0.2, 0) is 10.0 Å². The number of benzene rings is 2. The molecule has 2 aromatic rings. The second-order valence-electron chi connectivity index (χ2n) is 3.98. The van der Waals surface area contributed by atoms with E-state index >= 15 is 0 Å². The van der Waals surface area contributed by atoms with Gasteiger partial charge in [0.05, 0.1) is 21.2 Å². The summed E-state index contributed by atoms with van der Waals surface area (Å²) in [5.41, 5.74) is 0.615. The second kappa shape index (κ2) is 6.36. The van der Waals surface area contributed by atoms with Crippen molar-refractivity contribution in [3.63, 3.8) is 0 Å². The van der Waals surface area contributed by atoms with Gasteiger partial charge in [-0.2, -0.15) is 5.26 Å². The summed E-state index contributed by atoms with van der Waals surface area (Å²) in [6.07, 6.45) is 0. The Morgan fingerprint density at radius 2 is 1.86 bits per heavy atom. The molecule has 1 N–H and O–H groups in total. The van der Waals surface area contributed by atoms with Crippen LogP contribution in [0, 0.1) is 11.3 Å². The van der Waals surface area contributed by atoms with E-state index in [1.165, 1.54) is 18.2 Å². The van der Waals surface area contributed by atoms with Gasteiger partial charge in [0.25, 0.3) is 10.0 Å².